The first kappa shape index (κ1) is 32.3. The molecule has 52 heavy (non-hydrogen) atoms. The minimum atomic E-state index is 0.438. The Kier molecular flexibility index (Phi) is 8.15. The summed E-state index contributed by atoms with van der Waals surface area (Å²) < 4.78 is 21.5. The van der Waals surface area contributed by atoms with E-state index in [9.17, 15) is 0 Å². The summed E-state index contributed by atoms with van der Waals surface area (Å²) in [7, 11) is 13.2. The van der Waals surface area contributed by atoms with Crippen LogP contribution in [0.25, 0.3) is 78.0 Å². The second-order valence-corrected chi connectivity index (χ2v) is 13.0. The van der Waals surface area contributed by atoms with Crippen molar-refractivity contribution in [3.05, 3.63) is 127 Å². The number of hydrogen-bond acceptors (Lipinski definition) is 7. The maximum Gasteiger partial charge on any atom is 0.238 e. The minimum Gasteiger partial charge on any atom is -0.307 e. The molecule has 0 saturated heterocycles. The fourth-order valence-electron chi connectivity index (χ4n) is 6.98. The van der Waals surface area contributed by atoms with E-state index >= 15 is 0 Å². The molecular formula is C39H25N9P4. The third-order valence-corrected chi connectivity index (χ3v) is 10.2. The van der Waals surface area contributed by atoms with E-state index in [4.69, 9.17) is 15.0 Å². The Morgan fingerprint density at radius 3 is 1.31 bits per heavy atom. The highest BCUT2D eigenvalue weighted by atomic mass is 31.0. The van der Waals surface area contributed by atoms with Crippen LogP contribution < -0.4 is 0 Å². The van der Waals surface area contributed by atoms with Crippen molar-refractivity contribution in [1.82, 2.24) is 24.1 Å². The Bertz CT molecular complexity index is 2820. The van der Waals surface area contributed by atoms with Crippen LogP contribution in [0.2, 0.25) is 0 Å². The van der Waals surface area contributed by atoms with Gasteiger partial charge in [0.15, 0.2) is 11.6 Å². The van der Waals surface area contributed by atoms with Crippen molar-refractivity contribution in [2.24, 2.45) is 19.0 Å². The summed E-state index contributed by atoms with van der Waals surface area (Å²) >= 11 is 0. The highest BCUT2D eigenvalue weighted by Crippen LogP contribution is 2.42. The van der Waals surface area contributed by atoms with Crippen molar-refractivity contribution in [3.8, 4) is 34.4 Å². The molecule has 0 aliphatic rings. The molecule has 246 valence electrons. The number of para-hydroxylation sites is 3. The van der Waals surface area contributed by atoms with E-state index in [1.165, 1.54) is 0 Å². The van der Waals surface area contributed by atoms with Gasteiger partial charge in [0.1, 0.15) is 0 Å². The van der Waals surface area contributed by atoms with Crippen LogP contribution in [0.4, 0.5) is 22.7 Å². The van der Waals surface area contributed by atoms with Gasteiger partial charge in [-0.25, -0.2) is 24.0 Å². The number of hydrogen-bond donors (Lipinski definition) is 0. The lowest BCUT2D eigenvalue weighted by atomic mass is 10.1. The predicted molar refractivity (Wildman–Crippen MR) is 221 cm³/mol. The first-order valence-electron chi connectivity index (χ1n) is 16.2. The molecule has 0 atom stereocenters. The Labute approximate surface area is 306 Å². The molecule has 6 aromatic carbocycles. The maximum absolute atomic E-state index is 5.22. The first-order valence-corrected chi connectivity index (χ1v) is 18.0. The highest BCUT2D eigenvalue weighted by Gasteiger charge is 2.23. The highest BCUT2D eigenvalue weighted by molar-refractivity contribution is 7.04. The van der Waals surface area contributed by atoms with Crippen LogP contribution in [0.1, 0.15) is 0 Å². The Balaban J connectivity index is 1.46. The van der Waals surface area contributed by atoms with Crippen molar-refractivity contribution in [1.29, 1.82) is 0 Å². The molecule has 0 N–H and O–H groups in total. The lowest BCUT2D eigenvalue weighted by molar-refractivity contribution is 0.953. The molecule has 0 unspecified atom stereocenters. The quantitative estimate of drug-likeness (QED) is 0.145. The lowest BCUT2D eigenvalue weighted by Gasteiger charge is -2.14. The van der Waals surface area contributed by atoms with E-state index in [1.54, 1.807) is 0 Å². The second kappa shape index (κ2) is 13.1. The number of rotatable bonds is 8. The van der Waals surface area contributed by atoms with Crippen LogP contribution >= 0.6 is 36.1 Å². The van der Waals surface area contributed by atoms with Crippen LogP contribution in [0.15, 0.2) is 146 Å². The summed E-state index contributed by atoms with van der Waals surface area (Å²) in [6.07, 6.45) is 0. The molecule has 0 aliphatic heterocycles. The van der Waals surface area contributed by atoms with E-state index in [1.807, 2.05) is 48.5 Å². The van der Waals surface area contributed by atoms with Crippen LogP contribution in [-0.4, -0.2) is 24.1 Å². The average Bonchev–Trinajstić information content (AvgIpc) is 3.73. The number of fused-ring (bicyclic) bond motifs is 7. The Morgan fingerprint density at radius 1 is 0.404 bits per heavy atom. The minimum absolute atomic E-state index is 0.438. The van der Waals surface area contributed by atoms with Crippen molar-refractivity contribution in [2.75, 3.05) is 0 Å². The molecule has 9 rings (SSSR count). The van der Waals surface area contributed by atoms with Gasteiger partial charge in [0, 0.05) is 38.4 Å². The molecule has 0 spiro atoms. The molecule has 0 aliphatic carbocycles. The summed E-state index contributed by atoms with van der Waals surface area (Å²) in [5.74, 6) is 1.32. The first-order chi connectivity index (χ1) is 25.6. The topological polar surface area (TPSA) is 98.0 Å². The van der Waals surface area contributed by atoms with Crippen molar-refractivity contribution < 1.29 is 0 Å². The van der Waals surface area contributed by atoms with Gasteiger partial charge in [0.25, 0.3) is 0 Å². The Hall–Kier alpha value is -5.67. The van der Waals surface area contributed by atoms with Crippen molar-refractivity contribution >= 4 is 102 Å². The SMILES string of the molecule is P=Nc1cc(N=P)cc(-c2nc(-c3cc(N=P)cc(N=P)c3)nc(-n3c4ccccc4c4ccc5c6ccccc6n(-c6ccccc6)c5c43)n2)c1. The third kappa shape index (κ3) is 5.30. The molecule has 9 nitrogen and oxygen atoms in total. The molecule has 0 fully saturated rings. The summed E-state index contributed by atoms with van der Waals surface area (Å²) in [6.45, 7) is 0. The van der Waals surface area contributed by atoms with Gasteiger partial charge in [0.2, 0.25) is 5.95 Å². The maximum atomic E-state index is 5.22. The van der Waals surface area contributed by atoms with Gasteiger partial charge in [-0.05, 0) is 96.8 Å². The molecular weight excluding hydrogens is 718 g/mol. The summed E-state index contributed by atoms with van der Waals surface area (Å²) in [5, 5.41) is 4.42. The molecule has 9 aromatic rings. The average molecular weight is 744 g/mol. The van der Waals surface area contributed by atoms with Gasteiger partial charge in [-0.2, -0.15) is 9.97 Å². The monoisotopic (exact) mass is 743 g/mol. The molecule has 0 amide bonds. The van der Waals surface area contributed by atoms with E-state index < -0.39 is 0 Å². The van der Waals surface area contributed by atoms with E-state index in [0.717, 1.165) is 49.3 Å². The van der Waals surface area contributed by atoms with Crippen LogP contribution in [0.3, 0.4) is 0 Å². The van der Waals surface area contributed by atoms with Gasteiger partial charge in [-0.3, -0.25) is 4.57 Å². The molecule has 3 heterocycles. The van der Waals surface area contributed by atoms with Gasteiger partial charge in [0.05, 0.1) is 44.8 Å². The number of nitrogens with zero attached hydrogens (tertiary/aromatic N) is 9. The summed E-state index contributed by atoms with van der Waals surface area (Å²) in [4.78, 5) is 15.5. The standard InChI is InChI=1S/C39H25N9P4/c49-43-24-16-22(17-25(20-24)44-50)37-40-38(23-18-26(45-51)21-27(19-23)46-52)42-39(41-37)48-34-13-7-5-11-30(34)32-15-14-31-29-10-4-6-12-33(29)47(35(31)36(32)48)28-8-2-1-3-9-28/h1-21,49-52H. The van der Waals surface area contributed by atoms with Crippen LogP contribution in [0, 0.1) is 0 Å². The van der Waals surface area contributed by atoms with Crippen molar-refractivity contribution in [2.45, 2.75) is 0 Å². The predicted octanol–water partition coefficient (Wildman–Crippen LogP) is 13.2. The van der Waals surface area contributed by atoms with E-state index in [-0.39, 0.29) is 0 Å². The number of aromatic nitrogens is 5. The largest absolute Gasteiger partial charge is 0.307 e. The fraction of sp³-hybridized carbons (Fsp3) is 0. The van der Waals surface area contributed by atoms with Crippen molar-refractivity contribution in [3.63, 3.8) is 0 Å². The van der Waals surface area contributed by atoms with Gasteiger partial charge in [-0.15, -0.1) is 0 Å². The second-order valence-electron chi connectivity index (χ2n) is 12.1. The molecule has 13 heteroatoms. The van der Waals surface area contributed by atoms with Gasteiger partial charge in [-0.1, -0.05) is 66.7 Å². The normalized spacial score (nSPS) is 11.4. The lowest BCUT2D eigenvalue weighted by Crippen LogP contribution is -2.07. The zero-order chi connectivity index (χ0) is 35.3. The molecule has 0 bridgehead atoms. The van der Waals surface area contributed by atoms with Crippen LogP contribution in [0.5, 0.6) is 0 Å². The smallest absolute Gasteiger partial charge is 0.238 e. The third-order valence-electron chi connectivity index (χ3n) is 9.14. The molecule has 0 saturated carbocycles. The van der Waals surface area contributed by atoms with Gasteiger partial charge >= 0.3 is 0 Å². The Morgan fingerprint density at radius 2 is 0.827 bits per heavy atom. The summed E-state index contributed by atoms with van der Waals surface area (Å²) in [6, 6.07) is 43.0. The van der Waals surface area contributed by atoms with Gasteiger partial charge < -0.3 is 4.57 Å². The number of benzene rings is 6. The summed E-state index contributed by atoms with van der Waals surface area (Å²) in [5.41, 5.74) is 9.16. The zero-order valence-electron chi connectivity index (χ0n) is 27.1. The van der Waals surface area contributed by atoms with Crippen LogP contribution in [-0.2, 0) is 0 Å². The fourth-order valence-corrected chi connectivity index (χ4v) is 7.50. The molecule has 0 radical (unpaired) electrons. The molecule has 3 aromatic heterocycles. The van der Waals surface area contributed by atoms with E-state index in [2.05, 4.69) is 143 Å². The van der Waals surface area contributed by atoms with E-state index in [0.29, 0.717) is 51.5 Å². The zero-order valence-corrected chi connectivity index (χ0v) is 31.1.